The number of rotatable bonds is 11. The van der Waals surface area contributed by atoms with Crippen LogP contribution >= 0.6 is 0 Å². The first-order valence-corrected chi connectivity index (χ1v) is 21.7. The zero-order chi connectivity index (χ0) is 44.2. The first-order valence-electron chi connectivity index (χ1n) is 21.7. The van der Waals surface area contributed by atoms with Gasteiger partial charge in [-0.05, 0) is 67.7 Å². The number of likely N-dealkylation sites (tertiary alicyclic amines) is 2. The van der Waals surface area contributed by atoms with Crippen molar-refractivity contribution in [3.8, 4) is 33.8 Å². The minimum absolute atomic E-state index is 0.0433. The number of benzene rings is 3. The molecule has 0 unspecified atom stereocenters. The Morgan fingerprint density at radius 2 is 1.28 bits per heavy atom. The largest absolute Gasteiger partial charge is 0.453 e. The van der Waals surface area contributed by atoms with Crippen LogP contribution < -0.4 is 10.6 Å². The van der Waals surface area contributed by atoms with Crippen molar-refractivity contribution in [2.75, 3.05) is 40.5 Å². The number of ether oxygens (including phenoxy) is 3. The Hall–Kier alpha value is -7.14. The highest BCUT2D eigenvalue weighted by atomic mass is 16.5. The number of alkyl carbamates (subject to hydrolysis) is 2. The van der Waals surface area contributed by atoms with Gasteiger partial charge in [0, 0.05) is 42.8 Å². The van der Waals surface area contributed by atoms with Crippen LogP contribution in [0.25, 0.3) is 44.7 Å². The maximum atomic E-state index is 14.0. The molecule has 0 bridgehead atoms. The lowest BCUT2D eigenvalue weighted by Gasteiger charge is -2.34. The zero-order valence-corrected chi connectivity index (χ0v) is 35.7. The molecule has 3 fully saturated rings. The third kappa shape index (κ3) is 8.75. The van der Waals surface area contributed by atoms with Gasteiger partial charge in [-0.3, -0.25) is 9.59 Å². The van der Waals surface area contributed by atoms with Crippen LogP contribution in [-0.4, -0.2) is 110 Å². The van der Waals surface area contributed by atoms with E-state index in [0.29, 0.717) is 56.4 Å². The average molecular weight is 867 g/mol. The molecular weight excluding hydrogens is 817 g/mol. The summed E-state index contributed by atoms with van der Waals surface area (Å²) in [4.78, 5) is 72.4. The van der Waals surface area contributed by atoms with Gasteiger partial charge in [-0.2, -0.15) is 0 Å². The Balaban J connectivity index is 0.868. The summed E-state index contributed by atoms with van der Waals surface area (Å²) < 4.78 is 15.2. The highest BCUT2D eigenvalue weighted by Gasteiger charge is 2.40. The van der Waals surface area contributed by atoms with E-state index in [1.807, 2.05) is 83.8 Å². The molecule has 6 aromatic rings. The molecule has 3 aliphatic rings. The molecule has 0 spiro atoms. The van der Waals surface area contributed by atoms with Gasteiger partial charge in [0.2, 0.25) is 5.91 Å². The van der Waals surface area contributed by atoms with E-state index >= 15 is 0 Å². The van der Waals surface area contributed by atoms with Crippen molar-refractivity contribution in [3.63, 3.8) is 0 Å². The van der Waals surface area contributed by atoms with Gasteiger partial charge >= 0.3 is 12.2 Å². The Labute approximate surface area is 369 Å². The van der Waals surface area contributed by atoms with Gasteiger partial charge in [-0.15, -0.1) is 10.2 Å². The number of carbonyl (C=O) groups excluding carboxylic acids is 4. The van der Waals surface area contributed by atoms with Gasteiger partial charge in [-0.1, -0.05) is 66.7 Å². The summed E-state index contributed by atoms with van der Waals surface area (Å²) in [5.74, 6) is 0.974. The molecule has 3 aromatic carbocycles. The first-order chi connectivity index (χ1) is 31.3. The monoisotopic (exact) mass is 866 g/mol. The number of methoxy groups -OCH3 is 2. The molecule has 0 saturated carbocycles. The summed E-state index contributed by atoms with van der Waals surface area (Å²) in [6, 6.07) is 23.0. The van der Waals surface area contributed by atoms with E-state index in [1.165, 1.54) is 14.2 Å². The number of H-pyrrole nitrogens is 2. The third-order valence-corrected chi connectivity index (χ3v) is 12.6. The highest BCUT2D eigenvalue weighted by molar-refractivity contribution is 5.88. The number of aromatic amines is 2. The molecule has 17 nitrogen and oxygen atoms in total. The van der Waals surface area contributed by atoms with Crippen LogP contribution in [0.1, 0.15) is 73.9 Å². The van der Waals surface area contributed by atoms with Gasteiger partial charge in [-0.25, -0.2) is 19.6 Å². The number of nitrogens with zero attached hydrogens (tertiary/aromatic N) is 6. The summed E-state index contributed by atoms with van der Waals surface area (Å²) in [5.41, 5.74) is 6.44. The topological polar surface area (TPSA) is 210 Å². The lowest BCUT2D eigenvalue weighted by molar-refractivity contribution is -0.137. The van der Waals surface area contributed by atoms with Crippen LogP contribution in [0.3, 0.4) is 0 Å². The summed E-state index contributed by atoms with van der Waals surface area (Å²) in [7, 11) is 2.58. The Morgan fingerprint density at radius 1 is 0.688 bits per heavy atom. The second-order valence-electron chi connectivity index (χ2n) is 16.4. The number of imidazole rings is 2. The molecule has 4 atom stereocenters. The van der Waals surface area contributed by atoms with Crippen molar-refractivity contribution < 1.29 is 33.4 Å². The summed E-state index contributed by atoms with van der Waals surface area (Å²) in [6.07, 6.45) is 6.74. The lowest BCUT2D eigenvalue weighted by atomic mass is 9.90. The van der Waals surface area contributed by atoms with Crippen LogP contribution in [0.15, 0.2) is 91.3 Å². The number of amides is 4. The smallest absolute Gasteiger partial charge is 0.407 e. The predicted molar refractivity (Wildman–Crippen MR) is 235 cm³/mol. The summed E-state index contributed by atoms with van der Waals surface area (Å²) in [6.45, 7) is 2.21. The van der Waals surface area contributed by atoms with Gasteiger partial charge in [0.15, 0.2) is 0 Å². The fraction of sp³-hybridized carbons (Fsp3) is 0.362. The van der Waals surface area contributed by atoms with Gasteiger partial charge in [0.1, 0.15) is 23.7 Å². The summed E-state index contributed by atoms with van der Waals surface area (Å²) in [5, 5.41) is 15.6. The van der Waals surface area contributed by atoms with Crippen LogP contribution in [0.5, 0.6) is 0 Å². The van der Waals surface area contributed by atoms with E-state index in [9.17, 15) is 19.2 Å². The van der Waals surface area contributed by atoms with Crippen LogP contribution in [0.4, 0.5) is 9.59 Å². The van der Waals surface area contributed by atoms with Crippen LogP contribution in [0.2, 0.25) is 0 Å². The first kappa shape index (κ1) is 42.2. The molecule has 64 heavy (non-hydrogen) atoms. The average Bonchev–Trinajstić information content (AvgIpc) is 4.20. The molecule has 4 N–H and O–H groups in total. The van der Waals surface area contributed by atoms with Crippen molar-refractivity contribution in [2.24, 2.45) is 5.92 Å². The van der Waals surface area contributed by atoms with Crippen molar-refractivity contribution in [1.82, 2.24) is 50.6 Å². The van der Waals surface area contributed by atoms with Gasteiger partial charge in [0.25, 0.3) is 5.91 Å². The van der Waals surface area contributed by atoms with Gasteiger partial charge in [0.05, 0.1) is 61.3 Å². The zero-order valence-electron chi connectivity index (χ0n) is 35.7. The van der Waals surface area contributed by atoms with Gasteiger partial charge < -0.3 is 44.6 Å². The van der Waals surface area contributed by atoms with Crippen molar-refractivity contribution >= 4 is 34.9 Å². The normalized spacial score (nSPS) is 18.7. The molecule has 17 heteroatoms. The number of hydrogen-bond donors (Lipinski definition) is 4. The maximum absolute atomic E-state index is 14.0. The molecule has 0 aliphatic carbocycles. The fourth-order valence-electron chi connectivity index (χ4n) is 9.17. The number of nitrogens with one attached hydrogen (secondary N) is 4. The van der Waals surface area contributed by atoms with Crippen molar-refractivity contribution in [3.05, 3.63) is 108 Å². The fourth-order valence-corrected chi connectivity index (χ4v) is 9.17. The second kappa shape index (κ2) is 18.7. The molecule has 9 rings (SSSR count). The van der Waals surface area contributed by atoms with Crippen LogP contribution in [0, 0.1) is 5.92 Å². The van der Waals surface area contributed by atoms with E-state index in [4.69, 9.17) is 24.2 Å². The number of carbonyl (C=O) groups is 4. The number of fused-ring (bicyclic) bond motifs is 1. The van der Waals surface area contributed by atoms with Crippen molar-refractivity contribution in [1.29, 1.82) is 0 Å². The van der Waals surface area contributed by atoms with E-state index in [0.717, 1.165) is 70.4 Å². The summed E-state index contributed by atoms with van der Waals surface area (Å²) >= 11 is 0. The Bertz CT molecular complexity index is 2630. The Morgan fingerprint density at radius 3 is 1.94 bits per heavy atom. The second-order valence-corrected chi connectivity index (χ2v) is 16.4. The minimum atomic E-state index is -0.893. The molecule has 4 amide bonds. The van der Waals surface area contributed by atoms with E-state index in [1.54, 1.807) is 17.3 Å². The minimum Gasteiger partial charge on any atom is -0.453 e. The van der Waals surface area contributed by atoms with Crippen molar-refractivity contribution in [2.45, 2.75) is 62.7 Å². The quantitative estimate of drug-likeness (QED) is 0.108. The molecular formula is C47H50N10O7. The Kier molecular flexibility index (Phi) is 12.3. The standard InChI is InChI=1S/C47H50N10O7/c1-62-46(60)52-40(30-8-4-3-5-9-30)44(58)56-20-6-10-38(56)42-48-26-36(50-42)29-14-12-28(13-15-29)34-24-32-16-17-33(25-35(32)55-54-34)37-27-49-43(51-37)39-11-7-21-57(39)45(59)41(53-47(61)63-2)31-18-22-64-23-19-31/h3-5,8-9,12-17,24-27,31,38-41H,6-7,10-11,18-23H2,1-2H3,(H,48,50)(H,49,51)(H,52,60)(H,53,61)/t38-,39-,40-,41-/m0/s1. The van der Waals surface area contributed by atoms with Crippen LogP contribution in [-0.2, 0) is 23.8 Å². The highest BCUT2D eigenvalue weighted by Crippen LogP contribution is 2.36. The van der Waals surface area contributed by atoms with E-state index in [-0.39, 0.29) is 29.8 Å². The third-order valence-electron chi connectivity index (χ3n) is 12.6. The number of hydrogen-bond acceptors (Lipinski definition) is 11. The molecule has 3 aliphatic heterocycles. The SMILES string of the molecule is COC(=O)N[C@H](C(=O)N1CCC[C@H]1c1ncc(-c2ccc(-c3cc4ccc(-c5cnc([C@@H]6CCCN6C(=O)[C@@H](NC(=O)OC)C6CCOCC6)[nH]5)cc4nn3)cc2)[nH]1)c1ccccc1. The molecule has 330 valence electrons. The molecule has 3 aromatic heterocycles. The molecule has 3 saturated heterocycles. The predicted octanol–water partition coefficient (Wildman–Crippen LogP) is 6.65. The maximum Gasteiger partial charge on any atom is 0.407 e. The molecule has 0 radical (unpaired) electrons. The van der Waals surface area contributed by atoms with E-state index in [2.05, 4.69) is 30.8 Å². The van der Waals surface area contributed by atoms with E-state index < -0.39 is 24.3 Å². The lowest BCUT2D eigenvalue weighted by Crippen LogP contribution is -2.53. The number of aromatic nitrogens is 6. The molecule has 6 heterocycles.